The van der Waals surface area contributed by atoms with E-state index in [0.29, 0.717) is 12.8 Å². The molecule has 4 rings (SSSR count). The van der Waals surface area contributed by atoms with Gasteiger partial charge < -0.3 is 10.0 Å². The van der Waals surface area contributed by atoms with Gasteiger partial charge in [-0.25, -0.2) is 0 Å². The fourth-order valence-corrected chi connectivity index (χ4v) is 6.70. The normalized spacial score (nSPS) is 22.2. The number of carboxylic acid groups (broad SMARTS) is 1. The number of ketones is 1. The number of amides is 1. The lowest BCUT2D eigenvalue weighted by Gasteiger charge is -2.35. The van der Waals surface area contributed by atoms with E-state index in [4.69, 9.17) is 23.2 Å². The number of aliphatic carboxylic acids is 1. The Bertz CT molecular complexity index is 1270. The number of hydrogen-bond donors (Lipinski definition) is 1. The summed E-state index contributed by atoms with van der Waals surface area (Å²) in [5.74, 6) is -2.47. The standard InChI is InChI=1S/C28H32Cl2F3N3O4/c1-16-12-20(29)23(21(30)13-16)22(37)15-35(17-6-4-3-5-7-17)25(38)19-14-34-36(24(19)28(31,32)33)18-8-10-27(2,11-9-18)26(39)40/h12-14,17-18H,3-11,15H2,1-2H3,(H,39,40)/t18-,27-. The van der Waals surface area contributed by atoms with Crippen LogP contribution in [0.4, 0.5) is 13.2 Å². The molecule has 0 radical (unpaired) electrons. The van der Waals surface area contributed by atoms with Crippen LogP contribution < -0.4 is 0 Å². The Hall–Kier alpha value is -2.59. The minimum absolute atomic E-state index is 0.0259. The summed E-state index contributed by atoms with van der Waals surface area (Å²) in [6.07, 6.45) is 0.360. The molecule has 7 nitrogen and oxygen atoms in total. The lowest BCUT2D eigenvalue weighted by atomic mass is 9.74. The van der Waals surface area contributed by atoms with Gasteiger partial charge in [0.15, 0.2) is 11.5 Å². The van der Waals surface area contributed by atoms with Crippen molar-refractivity contribution in [3.8, 4) is 0 Å². The van der Waals surface area contributed by atoms with Crippen molar-refractivity contribution in [3.05, 3.63) is 50.8 Å². The summed E-state index contributed by atoms with van der Waals surface area (Å²) in [4.78, 5) is 40.1. The predicted octanol–water partition coefficient (Wildman–Crippen LogP) is 7.38. The molecule has 0 saturated heterocycles. The van der Waals surface area contributed by atoms with Crippen molar-refractivity contribution in [2.24, 2.45) is 5.41 Å². The summed E-state index contributed by atoms with van der Waals surface area (Å²) in [5.41, 5.74) is -2.06. The highest BCUT2D eigenvalue weighted by molar-refractivity contribution is 6.40. The Labute approximate surface area is 240 Å². The minimum Gasteiger partial charge on any atom is -0.481 e. The third-order valence-corrected chi connectivity index (χ3v) is 8.87. The molecular formula is C28H32Cl2F3N3O4. The number of rotatable bonds is 7. The van der Waals surface area contributed by atoms with Gasteiger partial charge in [0.25, 0.3) is 5.91 Å². The summed E-state index contributed by atoms with van der Waals surface area (Å²) in [6.45, 7) is 2.86. The molecule has 12 heteroatoms. The number of aryl methyl sites for hydroxylation is 1. The molecule has 2 aliphatic rings. The molecular weight excluding hydrogens is 570 g/mol. The molecule has 2 aliphatic carbocycles. The third-order valence-electron chi connectivity index (χ3n) is 8.27. The highest BCUT2D eigenvalue weighted by atomic mass is 35.5. The number of carboxylic acids is 1. The van der Waals surface area contributed by atoms with Crippen LogP contribution >= 0.6 is 23.2 Å². The summed E-state index contributed by atoms with van der Waals surface area (Å²) in [6, 6.07) is 2.00. The van der Waals surface area contributed by atoms with Crippen LogP contribution in [-0.2, 0) is 11.0 Å². The fourth-order valence-electron chi connectivity index (χ4n) is 5.89. The number of carbonyl (C=O) groups is 3. The molecule has 2 fully saturated rings. The van der Waals surface area contributed by atoms with Crippen molar-refractivity contribution in [2.45, 2.75) is 89.9 Å². The van der Waals surface area contributed by atoms with Crippen LogP contribution in [0.1, 0.15) is 103 Å². The van der Waals surface area contributed by atoms with Gasteiger partial charge in [0.05, 0.1) is 45.4 Å². The van der Waals surface area contributed by atoms with E-state index >= 15 is 0 Å². The first-order chi connectivity index (χ1) is 18.7. The summed E-state index contributed by atoms with van der Waals surface area (Å²) in [7, 11) is 0. The molecule has 0 spiro atoms. The Morgan fingerprint density at radius 2 is 1.65 bits per heavy atom. The quantitative estimate of drug-likeness (QED) is 0.334. The van der Waals surface area contributed by atoms with Gasteiger partial charge >= 0.3 is 12.1 Å². The SMILES string of the molecule is Cc1cc(Cl)c(C(=O)CN(C(=O)c2cnn([C@H]3CC[C@](C)(C(=O)O)CC3)c2C(F)(F)F)C2CCCCC2)c(Cl)c1. The zero-order chi connectivity index (χ0) is 29.4. The van der Waals surface area contributed by atoms with Crippen LogP contribution in [-0.4, -0.2) is 50.0 Å². The van der Waals surface area contributed by atoms with Crippen molar-refractivity contribution in [2.75, 3.05) is 6.54 Å². The Morgan fingerprint density at radius 1 is 1.07 bits per heavy atom. The van der Waals surface area contributed by atoms with Crippen LogP contribution in [0.15, 0.2) is 18.3 Å². The number of Topliss-reactive ketones (excluding diaryl/α,β-unsaturated/α-hetero) is 1. The number of carbonyl (C=O) groups excluding carboxylic acids is 2. The van der Waals surface area contributed by atoms with Gasteiger partial charge in [0, 0.05) is 6.04 Å². The maximum atomic E-state index is 14.5. The van der Waals surface area contributed by atoms with Gasteiger partial charge in [-0.2, -0.15) is 18.3 Å². The molecule has 0 aliphatic heterocycles. The Kier molecular flexibility index (Phi) is 8.90. The number of nitrogens with zero attached hydrogens (tertiary/aromatic N) is 3. The molecule has 2 saturated carbocycles. The first-order valence-electron chi connectivity index (χ1n) is 13.4. The van der Waals surface area contributed by atoms with Gasteiger partial charge in [-0.15, -0.1) is 0 Å². The summed E-state index contributed by atoms with van der Waals surface area (Å²) < 4.78 is 44.3. The molecule has 0 bridgehead atoms. The zero-order valence-corrected chi connectivity index (χ0v) is 23.9. The molecule has 1 N–H and O–H groups in total. The van der Waals surface area contributed by atoms with Crippen molar-refractivity contribution >= 4 is 40.9 Å². The lowest BCUT2D eigenvalue weighted by Crippen LogP contribution is -2.45. The van der Waals surface area contributed by atoms with Crippen molar-refractivity contribution < 1.29 is 32.7 Å². The second-order valence-corrected chi connectivity index (χ2v) is 12.0. The van der Waals surface area contributed by atoms with Crippen molar-refractivity contribution in [1.29, 1.82) is 0 Å². The smallest absolute Gasteiger partial charge is 0.433 e. The molecule has 0 atom stereocenters. The second kappa shape index (κ2) is 11.7. The lowest BCUT2D eigenvalue weighted by molar-refractivity contribution is -0.152. The number of alkyl halides is 3. The van der Waals surface area contributed by atoms with Crippen molar-refractivity contribution in [1.82, 2.24) is 14.7 Å². The van der Waals surface area contributed by atoms with E-state index in [1.165, 1.54) is 4.90 Å². The van der Waals surface area contributed by atoms with E-state index in [1.807, 2.05) is 0 Å². The zero-order valence-electron chi connectivity index (χ0n) is 22.4. The third kappa shape index (κ3) is 6.17. The molecule has 1 aromatic heterocycles. The maximum Gasteiger partial charge on any atom is 0.433 e. The second-order valence-electron chi connectivity index (χ2n) is 11.2. The van der Waals surface area contributed by atoms with Gasteiger partial charge in [-0.1, -0.05) is 42.5 Å². The highest BCUT2D eigenvalue weighted by Crippen LogP contribution is 2.44. The molecule has 1 heterocycles. The molecule has 40 heavy (non-hydrogen) atoms. The number of aromatic nitrogens is 2. The highest BCUT2D eigenvalue weighted by Gasteiger charge is 2.45. The van der Waals surface area contributed by atoms with E-state index in [1.54, 1.807) is 26.0 Å². The maximum absolute atomic E-state index is 14.5. The van der Waals surface area contributed by atoms with E-state index in [0.717, 1.165) is 35.7 Å². The van der Waals surface area contributed by atoms with Gasteiger partial charge in [0.2, 0.25) is 0 Å². The van der Waals surface area contributed by atoms with Gasteiger partial charge in [0.1, 0.15) is 0 Å². The molecule has 2 aromatic rings. The van der Waals surface area contributed by atoms with Gasteiger partial charge in [-0.3, -0.25) is 19.1 Å². The van der Waals surface area contributed by atoms with E-state index in [9.17, 15) is 32.7 Å². The average molecular weight is 602 g/mol. The average Bonchev–Trinajstić information content (AvgIpc) is 3.33. The predicted molar refractivity (Wildman–Crippen MR) is 144 cm³/mol. The molecule has 1 aromatic carbocycles. The number of halogens is 5. The van der Waals surface area contributed by atoms with Crippen LogP contribution in [0.3, 0.4) is 0 Å². The largest absolute Gasteiger partial charge is 0.481 e. The Morgan fingerprint density at radius 3 is 2.17 bits per heavy atom. The van der Waals surface area contributed by atoms with Gasteiger partial charge in [-0.05, 0) is 70.1 Å². The van der Waals surface area contributed by atoms with E-state index < -0.39 is 59.1 Å². The van der Waals surface area contributed by atoms with Crippen LogP contribution in [0.25, 0.3) is 0 Å². The fraction of sp³-hybridized carbons (Fsp3) is 0.571. The van der Waals surface area contributed by atoms with Crippen LogP contribution in [0.2, 0.25) is 10.0 Å². The first-order valence-corrected chi connectivity index (χ1v) is 14.2. The van der Waals surface area contributed by atoms with E-state index in [2.05, 4.69) is 5.10 Å². The minimum atomic E-state index is -4.90. The Balaban J connectivity index is 1.69. The molecule has 0 unspecified atom stereocenters. The topological polar surface area (TPSA) is 92.5 Å². The summed E-state index contributed by atoms with van der Waals surface area (Å²) in [5, 5.41) is 13.7. The number of benzene rings is 1. The molecule has 1 amide bonds. The molecule has 218 valence electrons. The first kappa shape index (κ1) is 30.4. The van der Waals surface area contributed by atoms with Crippen LogP contribution in [0, 0.1) is 12.3 Å². The monoisotopic (exact) mass is 601 g/mol. The van der Waals surface area contributed by atoms with E-state index in [-0.39, 0.29) is 41.3 Å². The summed E-state index contributed by atoms with van der Waals surface area (Å²) >= 11 is 12.6. The van der Waals surface area contributed by atoms with Crippen molar-refractivity contribution in [3.63, 3.8) is 0 Å². The number of hydrogen-bond acceptors (Lipinski definition) is 4. The van der Waals surface area contributed by atoms with Crippen LogP contribution in [0.5, 0.6) is 0 Å².